The van der Waals surface area contributed by atoms with Crippen molar-refractivity contribution in [1.29, 1.82) is 0 Å². The number of aryl methyl sites for hydroxylation is 2. The Bertz CT molecular complexity index is 360. The molecule has 2 rings (SSSR count). The van der Waals surface area contributed by atoms with Crippen LogP contribution in [0.2, 0.25) is 0 Å². The average molecular weight is 218 g/mol. The van der Waals surface area contributed by atoms with Crippen LogP contribution in [0.5, 0.6) is 0 Å². The van der Waals surface area contributed by atoms with E-state index in [0.717, 1.165) is 26.1 Å². The first-order valence-corrected chi connectivity index (χ1v) is 6.14. The van der Waals surface area contributed by atoms with E-state index in [1.807, 2.05) is 0 Å². The van der Waals surface area contributed by atoms with Crippen molar-refractivity contribution in [1.82, 2.24) is 10.2 Å². The molecule has 0 radical (unpaired) electrons. The van der Waals surface area contributed by atoms with Crippen LogP contribution >= 0.6 is 0 Å². The predicted molar refractivity (Wildman–Crippen MR) is 68.9 cm³/mol. The molecule has 0 aliphatic carbocycles. The summed E-state index contributed by atoms with van der Waals surface area (Å²) in [4.78, 5) is 2.46. The molecule has 1 saturated heterocycles. The predicted octanol–water partition coefficient (Wildman–Crippen LogP) is 1.75. The highest BCUT2D eigenvalue weighted by Crippen LogP contribution is 2.14. The Kier molecular flexibility index (Phi) is 3.62. The Labute approximate surface area is 98.7 Å². The summed E-state index contributed by atoms with van der Waals surface area (Å²) in [5, 5.41) is 3.47. The molecule has 0 spiro atoms. The minimum Gasteiger partial charge on any atom is -0.314 e. The number of rotatable bonds is 2. The Morgan fingerprint density at radius 1 is 1.31 bits per heavy atom. The molecule has 2 nitrogen and oxygen atoms in total. The number of piperazine rings is 1. The van der Waals surface area contributed by atoms with Crippen molar-refractivity contribution in [2.45, 2.75) is 26.3 Å². The summed E-state index contributed by atoms with van der Waals surface area (Å²) in [6, 6.07) is 7.49. The number of nitrogens with zero attached hydrogens (tertiary/aromatic N) is 1. The highest BCUT2D eigenvalue weighted by atomic mass is 15.2. The number of nitrogens with one attached hydrogen (secondary N) is 1. The van der Waals surface area contributed by atoms with Gasteiger partial charge in [-0.3, -0.25) is 0 Å². The van der Waals surface area contributed by atoms with Gasteiger partial charge < -0.3 is 10.2 Å². The molecule has 1 unspecified atom stereocenters. The van der Waals surface area contributed by atoms with Gasteiger partial charge in [-0.15, -0.1) is 0 Å². The van der Waals surface area contributed by atoms with Gasteiger partial charge in [0.25, 0.3) is 0 Å². The third-order valence-electron chi connectivity index (χ3n) is 3.69. The maximum absolute atomic E-state index is 3.47. The fourth-order valence-electron chi connectivity index (χ4n) is 2.29. The summed E-state index contributed by atoms with van der Waals surface area (Å²) in [6.07, 6.45) is 1.16. The van der Waals surface area contributed by atoms with E-state index in [1.54, 1.807) is 0 Å². The van der Waals surface area contributed by atoms with Crippen LogP contribution in [0.4, 0.5) is 0 Å². The van der Waals surface area contributed by atoms with Crippen molar-refractivity contribution >= 4 is 0 Å². The van der Waals surface area contributed by atoms with Gasteiger partial charge in [-0.25, -0.2) is 0 Å². The lowest BCUT2D eigenvalue weighted by Gasteiger charge is -2.33. The van der Waals surface area contributed by atoms with Crippen molar-refractivity contribution < 1.29 is 0 Å². The molecular weight excluding hydrogens is 196 g/mol. The number of likely N-dealkylation sites (N-methyl/N-ethyl adjacent to an activating group) is 1. The lowest BCUT2D eigenvalue weighted by atomic mass is 9.99. The molecule has 1 N–H and O–H groups in total. The van der Waals surface area contributed by atoms with E-state index in [0.29, 0.717) is 6.04 Å². The number of hydrogen-bond donors (Lipinski definition) is 1. The lowest BCUT2D eigenvalue weighted by Crippen LogP contribution is -2.50. The molecule has 0 amide bonds. The zero-order valence-electron chi connectivity index (χ0n) is 10.6. The number of benzene rings is 1. The van der Waals surface area contributed by atoms with E-state index in [4.69, 9.17) is 0 Å². The molecular formula is C14H22N2. The largest absolute Gasteiger partial charge is 0.314 e. The molecule has 1 aliphatic rings. The average Bonchev–Trinajstić information content (AvgIpc) is 2.27. The molecule has 1 aromatic rings. The Morgan fingerprint density at radius 3 is 2.81 bits per heavy atom. The smallest absolute Gasteiger partial charge is 0.0258 e. The summed E-state index contributed by atoms with van der Waals surface area (Å²) in [7, 11) is 2.23. The second kappa shape index (κ2) is 4.98. The van der Waals surface area contributed by atoms with Crippen LogP contribution in [0.25, 0.3) is 0 Å². The van der Waals surface area contributed by atoms with Crippen molar-refractivity contribution in [3.8, 4) is 0 Å². The fourth-order valence-corrected chi connectivity index (χ4v) is 2.29. The van der Waals surface area contributed by atoms with E-state index in [1.165, 1.54) is 16.7 Å². The monoisotopic (exact) mass is 218 g/mol. The van der Waals surface area contributed by atoms with E-state index < -0.39 is 0 Å². The van der Waals surface area contributed by atoms with E-state index in [-0.39, 0.29) is 0 Å². The Hall–Kier alpha value is -0.860. The van der Waals surface area contributed by atoms with Crippen LogP contribution in [-0.2, 0) is 6.42 Å². The Balaban J connectivity index is 2.05. The first kappa shape index (κ1) is 11.6. The first-order chi connectivity index (χ1) is 7.66. The molecule has 0 bridgehead atoms. The summed E-state index contributed by atoms with van der Waals surface area (Å²) in [6.45, 7) is 7.77. The van der Waals surface area contributed by atoms with Crippen molar-refractivity contribution in [2.75, 3.05) is 26.7 Å². The SMILES string of the molecule is Cc1ccc(CC2CNCCN2C)cc1C. The zero-order chi connectivity index (χ0) is 11.5. The highest BCUT2D eigenvalue weighted by molar-refractivity contribution is 5.30. The molecule has 16 heavy (non-hydrogen) atoms. The number of hydrogen-bond acceptors (Lipinski definition) is 2. The molecule has 2 heteroatoms. The first-order valence-electron chi connectivity index (χ1n) is 6.14. The molecule has 1 heterocycles. The maximum Gasteiger partial charge on any atom is 0.0258 e. The van der Waals surface area contributed by atoms with Gasteiger partial charge in [0, 0.05) is 25.7 Å². The lowest BCUT2D eigenvalue weighted by molar-refractivity contribution is 0.199. The van der Waals surface area contributed by atoms with Crippen molar-refractivity contribution in [2.24, 2.45) is 0 Å². The van der Waals surface area contributed by atoms with Gasteiger partial charge in [0.15, 0.2) is 0 Å². The second-order valence-corrected chi connectivity index (χ2v) is 4.96. The van der Waals surface area contributed by atoms with Gasteiger partial charge in [-0.1, -0.05) is 18.2 Å². The van der Waals surface area contributed by atoms with Crippen LogP contribution in [0, 0.1) is 13.8 Å². The molecule has 0 aromatic heterocycles. The molecule has 88 valence electrons. The second-order valence-electron chi connectivity index (χ2n) is 4.96. The van der Waals surface area contributed by atoms with Gasteiger partial charge in [0.2, 0.25) is 0 Å². The minimum atomic E-state index is 0.649. The summed E-state index contributed by atoms with van der Waals surface area (Å²) >= 11 is 0. The normalized spacial score (nSPS) is 22.3. The summed E-state index contributed by atoms with van der Waals surface area (Å²) in [5.41, 5.74) is 4.26. The molecule has 1 atom stereocenters. The zero-order valence-corrected chi connectivity index (χ0v) is 10.6. The summed E-state index contributed by atoms with van der Waals surface area (Å²) in [5.74, 6) is 0. The van der Waals surface area contributed by atoms with Gasteiger partial charge in [0.05, 0.1) is 0 Å². The third kappa shape index (κ3) is 2.63. The molecule has 1 aromatic carbocycles. The minimum absolute atomic E-state index is 0.649. The van der Waals surface area contributed by atoms with Gasteiger partial charge in [-0.2, -0.15) is 0 Å². The van der Waals surface area contributed by atoms with E-state index >= 15 is 0 Å². The van der Waals surface area contributed by atoms with E-state index in [2.05, 4.69) is 49.3 Å². The maximum atomic E-state index is 3.47. The molecule has 1 aliphatic heterocycles. The van der Waals surface area contributed by atoms with Crippen LogP contribution in [-0.4, -0.2) is 37.6 Å². The molecule has 0 saturated carbocycles. The van der Waals surface area contributed by atoms with Crippen LogP contribution in [0.3, 0.4) is 0 Å². The van der Waals surface area contributed by atoms with Crippen molar-refractivity contribution in [3.63, 3.8) is 0 Å². The fraction of sp³-hybridized carbons (Fsp3) is 0.571. The van der Waals surface area contributed by atoms with Crippen LogP contribution in [0.15, 0.2) is 18.2 Å². The summed E-state index contributed by atoms with van der Waals surface area (Å²) < 4.78 is 0. The standard InChI is InChI=1S/C14H22N2/c1-11-4-5-13(8-12(11)2)9-14-10-15-6-7-16(14)3/h4-5,8,14-15H,6-7,9-10H2,1-3H3. The topological polar surface area (TPSA) is 15.3 Å². The van der Waals surface area contributed by atoms with Crippen LogP contribution < -0.4 is 5.32 Å². The van der Waals surface area contributed by atoms with Gasteiger partial charge in [0.1, 0.15) is 0 Å². The van der Waals surface area contributed by atoms with Crippen LogP contribution in [0.1, 0.15) is 16.7 Å². The highest BCUT2D eigenvalue weighted by Gasteiger charge is 2.18. The quantitative estimate of drug-likeness (QED) is 0.813. The third-order valence-corrected chi connectivity index (χ3v) is 3.69. The van der Waals surface area contributed by atoms with E-state index in [9.17, 15) is 0 Å². The van der Waals surface area contributed by atoms with Crippen molar-refractivity contribution in [3.05, 3.63) is 34.9 Å². The molecule has 1 fully saturated rings. The Morgan fingerprint density at radius 2 is 2.12 bits per heavy atom. The van der Waals surface area contributed by atoms with Gasteiger partial charge >= 0.3 is 0 Å². The van der Waals surface area contributed by atoms with Gasteiger partial charge in [-0.05, 0) is 44.0 Å².